The number of likely N-dealkylation sites (N-methyl/N-ethyl adjacent to an activating group) is 2. The van der Waals surface area contributed by atoms with Gasteiger partial charge in [0.2, 0.25) is 5.91 Å². The number of ether oxygens (including phenoxy) is 1. The lowest BCUT2D eigenvalue weighted by Gasteiger charge is -2.37. The Hall–Kier alpha value is -3.02. The molecule has 2 aromatic carbocycles. The Kier molecular flexibility index (Phi) is 6.75. The lowest BCUT2D eigenvalue weighted by atomic mass is 10.1. The molecule has 3 rings (SSSR count). The van der Waals surface area contributed by atoms with Gasteiger partial charge >= 0.3 is 0 Å². The van der Waals surface area contributed by atoms with Crippen LogP contribution in [0, 0.1) is 6.92 Å². The van der Waals surface area contributed by atoms with Gasteiger partial charge in [0.05, 0.1) is 18.8 Å². The number of hydrogen-bond donors (Lipinski definition) is 1. The van der Waals surface area contributed by atoms with Gasteiger partial charge in [-0.25, -0.2) is 0 Å². The summed E-state index contributed by atoms with van der Waals surface area (Å²) in [7, 11) is 1.78. The molecule has 6 nitrogen and oxygen atoms in total. The van der Waals surface area contributed by atoms with Crippen LogP contribution in [0.4, 0.5) is 5.69 Å². The molecule has 0 aromatic heterocycles. The molecule has 6 heteroatoms. The van der Waals surface area contributed by atoms with Crippen LogP contribution >= 0.6 is 0 Å². The van der Waals surface area contributed by atoms with Crippen LogP contribution in [0.5, 0.6) is 5.75 Å². The second kappa shape index (κ2) is 9.45. The van der Waals surface area contributed by atoms with Crippen molar-refractivity contribution >= 4 is 17.5 Å². The molecule has 0 aliphatic carbocycles. The van der Waals surface area contributed by atoms with Gasteiger partial charge in [-0.3, -0.25) is 9.59 Å². The first-order valence-electron chi connectivity index (χ1n) is 10.1. The normalized spacial score (nSPS) is 15.3. The third-order valence-corrected chi connectivity index (χ3v) is 5.22. The molecule has 2 aromatic rings. The molecule has 1 aliphatic rings. The van der Waals surface area contributed by atoms with Crippen LogP contribution in [0.1, 0.15) is 29.3 Å². The van der Waals surface area contributed by atoms with E-state index < -0.39 is 0 Å². The minimum Gasteiger partial charge on any atom is -0.485 e. The Morgan fingerprint density at radius 1 is 1.17 bits per heavy atom. The van der Waals surface area contributed by atoms with E-state index in [0.29, 0.717) is 18.7 Å². The van der Waals surface area contributed by atoms with Crippen LogP contribution in [0.15, 0.2) is 48.5 Å². The average molecular weight is 396 g/mol. The Bertz CT molecular complexity index is 868. The minimum atomic E-state index is -0.149. The number of nitrogens with zero attached hydrogens (tertiary/aromatic N) is 2. The molecular formula is C23H29N3O3. The van der Waals surface area contributed by atoms with Crippen molar-refractivity contribution in [3.63, 3.8) is 0 Å². The van der Waals surface area contributed by atoms with E-state index in [2.05, 4.69) is 23.2 Å². The molecule has 0 spiro atoms. The zero-order valence-corrected chi connectivity index (χ0v) is 17.4. The number of fused-ring (bicyclic) bond motifs is 1. The summed E-state index contributed by atoms with van der Waals surface area (Å²) in [5, 5.41) is 2.83. The monoisotopic (exact) mass is 395 g/mol. The molecule has 1 atom stereocenters. The van der Waals surface area contributed by atoms with E-state index in [9.17, 15) is 9.59 Å². The fourth-order valence-electron chi connectivity index (χ4n) is 3.58. The highest BCUT2D eigenvalue weighted by Gasteiger charge is 2.26. The van der Waals surface area contributed by atoms with Crippen molar-refractivity contribution in [2.45, 2.75) is 26.4 Å². The molecule has 29 heavy (non-hydrogen) atoms. The molecule has 154 valence electrons. The van der Waals surface area contributed by atoms with Crippen LogP contribution in [-0.2, 0) is 4.79 Å². The zero-order chi connectivity index (χ0) is 20.8. The van der Waals surface area contributed by atoms with Crippen LogP contribution in [-0.4, -0.2) is 56.0 Å². The van der Waals surface area contributed by atoms with Crippen molar-refractivity contribution in [3.05, 3.63) is 59.7 Å². The Morgan fingerprint density at radius 2 is 1.90 bits per heavy atom. The Balaban J connectivity index is 1.48. The number of rotatable bonds is 7. The number of carbonyl (C=O) groups is 2. The molecule has 2 amide bonds. The number of hydrogen-bond acceptors (Lipinski definition) is 4. The molecule has 0 saturated heterocycles. The number of aryl methyl sites for hydroxylation is 1. The Morgan fingerprint density at radius 3 is 2.66 bits per heavy atom. The topological polar surface area (TPSA) is 61.9 Å². The molecule has 1 unspecified atom stereocenters. The number of para-hydroxylation sites is 2. The van der Waals surface area contributed by atoms with Gasteiger partial charge in [0.15, 0.2) is 0 Å². The quantitative estimate of drug-likeness (QED) is 0.783. The summed E-state index contributed by atoms with van der Waals surface area (Å²) in [6.45, 7) is 6.47. The number of benzene rings is 2. The molecule has 0 bridgehead atoms. The van der Waals surface area contributed by atoms with Gasteiger partial charge < -0.3 is 19.9 Å². The summed E-state index contributed by atoms with van der Waals surface area (Å²) in [5.41, 5.74) is 2.66. The van der Waals surface area contributed by atoms with Gasteiger partial charge in [-0.1, -0.05) is 30.3 Å². The summed E-state index contributed by atoms with van der Waals surface area (Å²) < 4.78 is 6.09. The van der Waals surface area contributed by atoms with E-state index >= 15 is 0 Å². The third-order valence-electron chi connectivity index (χ3n) is 5.22. The van der Waals surface area contributed by atoms with Crippen molar-refractivity contribution < 1.29 is 14.3 Å². The van der Waals surface area contributed by atoms with Crippen molar-refractivity contribution in [1.82, 2.24) is 10.2 Å². The van der Waals surface area contributed by atoms with Crippen molar-refractivity contribution in [2.75, 3.05) is 38.1 Å². The fraction of sp³-hybridized carbons (Fsp3) is 0.391. The maximum absolute atomic E-state index is 12.5. The second-order valence-electron chi connectivity index (χ2n) is 7.34. The second-order valence-corrected chi connectivity index (χ2v) is 7.34. The van der Waals surface area contributed by atoms with Crippen molar-refractivity contribution in [1.29, 1.82) is 0 Å². The Labute approximate surface area is 172 Å². The molecule has 0 radical (unpaired) electrons. The SMILES string of the molecule is CCN1CC(CN(C)C(=O)CCNC(=O)c2ccccc2C)Oc2ccccc21. The van der Waals surface area contributed by atoms with Crippen LogP contribution in [0.2, 0.25) is 0 Å². The average Bonchev–Trinajstić information content (AvgIpc) is 2.73. The zero-order valence-electron chi connectivity index (χ0n) is 17.4. The smallest absolute Gasteiger partial charge is 0.251 e. The molecule has 1 heterocycles. The van der Waals surface area contributed by atoms with Gasteiger partial charge in [0.25, 0.3) is 5.91 Å². The minimum absolute atomic E-state index is 0.0133. The number of nitrogens with one attached hydrogen (secondary N) is 1. The van der Waals surface area contributed by atoms with Crippen LogP contribution in [0.25, 0.3) is 0 Å². The highest BCUT2D eigenvalue weighted by molar-refractivity contribution is 5.95. The van der Waals surface area contributed by atoms with E-state index in [-0.39, 0.29) is 24.3 Å². The standard InChI is InChI=1S/C23H29N3O3/c1-4-26-16-18(29-21-12-8-7-11-20(21)26)15-25(3)22(27)13-14-24-23(28)19-10-6-5-9-17(19)2/h5-12,18H,4,13-16H2,1-3H3,(H,24,28). The first-order chi connectivity index (χ1) is 14.0. The lowest BCUT2D eigenvalue weighted by Crippen LogP contribution is -2.47. The van der Waals surface area contributed by atoms with Crippen LogP contribution in [0.3, 0.4) is 0 Å². The van der Waals surface area contributed by atoms with Gasteiger partial charge in [-0.05, 0) is 37.6 Å². The predicted octanol–water partition coefficient (Wildman–Crippen LogP) is 2.86. The first kappa shape index (κ1) is 20.7. The van der Waals surface area contributed by atoms with Gasteiger partial charge in [-0.15, -0.1) is 0 Å². The van der Waals surface area contributed by atoms with Gasteiger partial charge in [0, 0.05) is 32.1 Å². The van der Waals surface area contributed by atoms with E-state index in [1.807, 2.05) is 43.3 Å². The first-order valence-corrected chi connectivity index (χ1v) is 10.1. The number of carbonyl (C=O) groups excluding carboxylic acids is 2. The molecular weight excluding hydrogens is 366 g/mol. The van der Waals surface area contributed by atoms with E-state index in [1.165, 1.54) is 0 Å². The van der Waals surface area contributed by atoms with Gasteiger partial charge in [-0.2, -0.15) is 0 Å². The summed E-state index contributed by atoms with van der Waals surface area (Å²) >= 11 is 0. The van der Waals surface area contributed by atoms with Crippen molar-refractivity contribution in [2.24, 2.45) is 0 Å². The third kappa shape index (κ3) is 5.08. The summed E-state index contributed by atoms with van der Waals surface area (Å²) in [6.07, 6.45) is 0.176. The maximum Gasteiger partial charge on any atom is 0.251 e. The number of amides is 2. The summed E-state index contributed by atoms with van der Waals surface area (Å²) in [6, 6.07) is 15.4. The highest BCUT2D eigenvalue weighted by Crippen LogP contribution is 2.32. The maximum atomic E-state index is 12.5. The molecule has 1 aliphatic heterocycles. The van der Waals surface area contributed by atoms with E-state index in [4.69, 9.17) is 4.74 Å². The lowest BCUT2D eigenvalue weighted by molar-refractivity contribution is -0.130. The largest absolute Gasteiger partial charge is 0.485 e. The summed E-state index contributed by atoms with van der Waals surface area (Å²) in [5.74, 6) is 0.696. The van der Waals surface area contributed by atoms with Crippen molar-refractivity contribution in [3.8, 4) is 5.75 Å². The highest BCUT2D eigenvalue weighted by atomic mass is 16.5. The molecule has 0 saturated carbocycles. The molecule has 0 fully saturated rings. The van der Waals surface area contributed by atoms with Crippen LogP contribution < -0.4 is 15.0 Å². The number of anilines is 1. The van der Waals surface area contributed by atoms with E-state index in [0.717, 1.165) is 30.1 Å². The predicted molar refractivity (Wildman–Crippen MR) is 115 cm³/mol. The van der Waals surface area contributed by atoms with E-state index in [1.54, 1.807) is 18.0 Å². The fourth-order valence-corrected chi connectivity index (χ4v) is 3.58. The molecule has 1 N–H and O–H groups in total. The van der Waals surface area contributed by atoms with Gasteiger partial charge in [0.1, 0.15) is 11.9 Å². The summed E-state index contributed by atoms with van der Waals surface area (Å²) in [4.78, 5) is 28.7.